The number of hydrogen-bond acceptors (Lipinski definition) is 2. The fourth-order valence-corrected chi connectivity index (χ4v) is 3.10. The molecule has 2 rings (SSSR count). The van der Waals surface area contributed by atoms with Crippen molar-refractivity contribution in [3.8, 4) is 0 Å². The third-order valence-electron chi connectivity index (χ3n) is 4.29. The Morgan fingerprint density at radius 3 is 2.63 bits per heavy atom. The molecule has 1 N–H and O–H groups in total. The summed E-state index contributed by atoms with van der Waals surface area (Å²) >= 11 is 0. The van der Waals surface area contributed by atoms with Gasteiger partial charge in [-0.05, 0) is 44.2 Å². The number of hydrogen-bond donors (Lipinski definition) is 1. The SMILES string of the molecule is Cc1ccc(N2CC(C)CC(C)C2C)c(C(=O)O)c1. The minimum atomic E-state index is -0.836. The molecule has 3 atom stereocenters. The van der Waals surface area contributed by atoms with Crippen molar-refractivity contribution in [1.82, 2.24) is 0 Å². The molecule has 19 heavy (non-hydrogen) atoms. The lowest BCUT2D eigenvalue weighted by Gasteiger charge is -2.43. The molecule has 3 heteroatoms. The van der Waals surface area contributed by atoms with Crippen molar-refractivity contribution in [2.24, 2.45) is 11.8 Å². The van der Waals surface area contributed by atoms with Crippen LogP contribution in [0.5, 0.6) is 0 Å². The van der Waals surface area contributed by atoms with Gasteiger partial charge in [0.1, 0.15) is 0 Å². The summed E-state index contributed by atoms with van der Waals surface area (Å²) in [7, 11) is 0. The predicted molar refractivity (Wildman–Crippen MR) is 77.9 cm³/mol. The molecule has 104 valence electrons. The van der Waals surface area contributed by atoms with Gasteiger partial charge in [-0.1, -0.05) is 25.5 Å². The van der Waals surface area contributed by atoms with Gasteiger partial charge in [-0.25, -0.2) is 4.79 Å². The van der Waals surface area contributed by atoms with Crippen molar-refractivity contribution >= 4 is 11.7 Å². The van der Waals surface area contributed by atoms with Crippen LogP contribution in [0.2, 0.25) is 0 Å². The lowest BCUT2D eigenvalue weighted by atomic mass is 9.85. The van der Waals surface area contributed by atoms with Crippen LogP contribution in [-0.2, 0) is 0 Å². The van der Waals surface area contributed by atoms with Gasteiger partial charge in [-0.3, -0.25) is 0 Å². The van der Waals surface area contributed by atoms with E-state index >= 15 is 0 Å². The molecule has 3 unspecified atom stereocenters. The summed E-state index contributed by atoms with van der Waals surface area (Å²) in [5.41, 5.74) is 2.28. The Kier molecular flexibility index (Phi) is 3.83. The van der Waals surface area contributed by atoms with E-state index in [9.17, 15) is 9.90 Å². The van der Waals surface area contributed by atoms with Gasteiger partial charge in [-0.2, -0.15) is 0 Å². The van der Waals surface area contributed by atoms with Gasteiger partial charge in [-0.15, -0.1) is 0 Å². The molecule has 0 radical (unpaired) electrons. The Morgan fingerprint density at radius 1 is 1.32 bits per heavy atom. The molecule has 1 saturated heterocycles. The Balaban J connectivity index is 2.42. The lowest BCUT2D eigenvalue weighted by Crippen LogP contribution is -2.46. The Hall–Kier alpha value is -1.51. The third kappa shape index (κ3) is 2.75. The number of carboxylic acids is 1. The number of piperidine rings is 1. The van der Waals surface area contributed by atoms with Gasteiger partial charge in [0.25, 0.3) is 0 Å². The monoisotopic (exact) mass is 261 g/mol. The molecule has 0 saturated carbocycles. The molecule has 1 aliphatic rings. The molecule has 3 nitrogen and oxygen atoms in total. The van der Waals surface area contributed by atoms with Crippen LogP contribution in [-0.4, -0.2) is 23.7 Å². The van der Waals surface area contributed by atoms with Crippen LogP contribution in [0.25, 0.3) is 0 Å². The zero-order valence-electron chi connectivity index (χ0n) is 12.2. The van der Waals surface area contributed by atoms with E-state index in [2.05, 4.69) is 25.7 Å². The summed E-state index contributed by atoms with van der Waals surface area (Å²) in [6, 6.07) is 6.12. The standard InChI is InChI=1S/C16H23NO2/c1-10-5-6-15(14(8-10)16(18)19)17-9-11(2)7-12(3)13(17)4/h5-6,8,11-13H,7,9H2,1-4H3,(H,18,19). The second-order valence-electron chi connectivity index (χ2n) is 6.04. The maximum Gasteiger partial charge on any atom is 0.337 e. The van der Waals surface area contributed by atoms with Crippen LogP contribution in [0.3, 0.4) is 0 Å². The first-order valence-corrected chi connectivity index (χ1v) is 7.00. The van der Waals surface area contributed by atoms with Gasteiger partial charge < -0.3 is 10.0 Å². The normalized spacial score (nSPS) is 27.4. The van der Waals surface area contributed by atoms with Crippen LogP contribution >= 0.6 is 0 Å². The highest BCUT2D eigenvalue weighted by Crippen LogP contribution is 2.33. The second-order valence-corrected chi connectivity index (χ2v) is 6.04. The van der Waals surface area contributed by atoms with Gasteiger partial charge in [0.05, 0.1) is 11.3 Å². The first kappa shape index (κ1) is 13.9. The first-order chi connectivity index (χ1) is 8.90. The Bertz CT molecular complexity index is 484. The minimum absolute atomic E-state index is 0.386. The van der Waals surface area contributed by atoms with Gasteiger partial charge in [0.15, 0.2) is 0 Å². The number of rotatable bonds is 2. The molecule has 0 bridgehead atoms. The lowest BCUT2D eigenvalue weighted by molar-refractivity contribution is 0.0697. The quantitative estimate of drug-likeness (QED) is 0.885. The maximum atomic E-state index is 11.5. The average Bonchev–Trinajstić information content (AvgIpc) is 2.34. The molecule has 1 aromatic rings. The van der Waals surface area contributed by atoms with E-state index in [1.165, 1.54) is 6.42 Å². The molecule has 1 aliphatic heterocycles. The van der Waals surface area contributed by atoms with Crippen molar-refractivity contribution in [2.45, 2.75) is 40.2 Å². The van der Waals surface area contributed by atoms with Crippen molar-refractivity contribution < 1.29 is 9.90 Å². The smallest absolute Gasteiger partial charge is 0.337 e. The fraction of sp³-hybridized carbons (Fsp3) is 0.562. The van der Waals surface area contributed by atoms with Gasteiger partial charge in [0, 0.05) is 12.6 Å². The highest BCUT2D eigenvalue weighted by atomic mass is 16.4. The topological polar surface area (TPSA) is 40.5 Å². The summed E-state index contributed by atoms with van der Waals surface area (Å²) < 4.78 is 0. The number of benzene rings is 1. The Labute approximate surface area is 115 Å². The average molecular weight is 261 g/mol. The molecule has 1 aromatic carbocycles. The van der Waals surface area contributed by atoms with Crippen molar-refractivity contribution in [2.75, 3.05) is 11.4 Å². The third-order valence-corrected chi connectivity index (χ3v) is 4.29. The van der Waals surface area contributed by atoms with Crippen molar-refractivity contribution in [3.05, 3.63) is 29.3 Å². The number of carboxylic acid groups (broad SMARTS) is 1. The van der Waals surface area contributed by atoms with E-state index in [1.54, 1.807) is 6.07 Å². The van der Waals surface area contributed by atoms with Gasteiger partial charge >= 0.3 is 5.97 Å². The number of anilines is 1. The summed E-state index contributed by atoms with van der Waals surface area (Å²) in [5, 5.41) is 9.41. The van der Waals surface area contributed by atoms with Crippen LogP contribution in [0.15, 0.2) is 18.2 Å². The van der Waals surface area contributed by atoms with E-state index in [4.69, 9.17) is 0 Å². The molecule has 1 fully saturated rings. The predicted octanol–water partition coefficient (Wildman–Crippen LogP) is 3.56. The van der Waals surface area contributed by atoms with E-state index in [0.29, 0.717) is 23.4 Å². The molecular formula is C16H23NO2. The zero-order chi connectivity index (χ0) is 14.2. The molecule has 0 aromatic heterocycles. The number of nitrogens with zero attached hydrogens (tertiary/aromatic N) is 1. The molecule has 0 spiro atoms. The van der Waals surface area contributed by atoms with Crippen LogP contribution in [0, 0.1) is 18.8 Å². The van der Waals surface area contributed by atoms with E-state index in [0.717, 1.165) is 17.8 Å². The van der Waals surface area contributed by atoms with Crippen LogP contribution in [0.4, 0.5) is 5.69 Å². The molecule has 1 heterocycles. The second kappa shape index (κ2) is 5.24. The summed E-state index contributed by atoms with van der Waals surface area (Å²) in [6.45, 7) is 9.56. The molecular weight excluding hydrogens is 238 g/mol. The first-order valence-electron chi connectivity index (χ1n) is 7.00. The van der Waals surface area contributed by atoms with E-state index in [1.807, 2.05) is 19.1 Å². The zero-order valence-corrected chi connectivity index (χ0v) is 12.2. The largest absolute Gasteiger partial charge is 0.478 e. The van der Waals surface area contributed by atoms with Crippen molar-refractivity contribution in [3.63, 3.8) is 0 Å². The molecule has 0 aliphatic carbocycles. The highest BCUT2D eigenvalue weighted by Gasteiger charge is 2.30. The minimum Gasteiger partial charge on any atom is -0.478 e. The van der Waals surface area contributed by atoms with Gasteiger partial charge in [0.2, 0.25) is 0 Å². The summed E-state index contributed by atoms with van der Waals surface area (Å²) in [5.74, 6) is 0.359. The summed E-state index contributed by atoms with van der Waals surface area (Å²) in [4.78, 5) is 13.7. The highest BCUT2D eigenvalue weighted by molar-refractivity contribution is 5.94. The summed E-state index contributed by atoms with van der Waals surface area (Å²) in [6.07, 6.45) is 1.21. The number of aryl methyl sites for hydroxylation is 1. The number of carbonyl (C=O) groups is 1. The fourth-order valence-electron chi connectivity index (χ4n) is 3.10. The Morgan fingerprint density at radius 2 is 2.00 bits per heavy atom. The van der Waals surface area contributed by atoms with Crippen LogP contribution < -0.4 is 4.90 Å². The molecule has 0 amide bonds. The van der Waals surface area contributed by atoms with Crippen molar-refractivity contribution in [1.29, 1.82) is 0 Å². The van der Waals surface area contributed by atoms with E-state index < -0.39 is 5.97 Å². The maximum absolute atomic E-state index is 11.5. The van der Waals surface area contributed by atoms with Crippen LogP contribution in [0.1, 0.15) is 43.1 Å². The number of aromatic carboxylic acids is 1. The van der Waals surface area contributed by atoms with E-state index in [-0.39, 0.29) is 0 Å².